The summed E-state index contributed by atoms with van der Waals surface area (Å²) >= 11 is 0. The molecule has 6 atom stereocenters. The van der Waals surface area contributed by atoms with Crippen molar-refractivity contribution in [1.82, 2.24) is 20.4 Å². The van der Waals surface area contributed by atoms with Crippen LogP contribution in [-0.4, -0.2) is 95.3 Å². The number of ketones is 1. The van der Waals surface area contributed by atoms with E-state index < -0.39 is 59.4 Å². The fourth-order valence-electron chi connectivity index (χ4n) is 8.13. The predicted octanol–water partition coefficient (Wildman–Crippen LogP) is 2.96. The predicted molar refractivity (Wildman–Crippen MR) is 167 cm³/mol. The topological polar surface area (TPSA) is 151 Å². The zero-order valence-corrected chi connectivity index (χ0v) is 28.3. The van der Waals surface area contributed by atoms with Gasteiger partial charge in [0.15, 0.2) is 0 Å². The van der Waals surface area contributed by atoms with Gasteiger partial charge in [-0.15, -0.1) is 0 Å². The zero-order chi connectivity index (χ0) is 33.6. The Kier molecular flexibility index (Phi) is 9.76. The Bertz CT molecular complexity index is 1230. The molecule has 2 aliphatic heterocycles. The molecule has 2 heterocycles. The lowest BCUT2D eigenvalue weighted by Gasteiger charge is -2.39. The van der Waals surface area contributed by atoms with Crippen molar-refractivity contribution in [2.24, 2.45) is 29.1 Å². The number of piperidine rings is 1. The Morgan fingerprint density at radius 3 is 2.11 bits per heavy atom. The van der Waals surface area contributed by atoms with Gasteiger partial charge >= 0.3 is 12.1 Å². The van der Waals surface area contributed by atoms with Crippen molar-refractivity contribution in [3.05, 3.63) is 0 Å². The lowest BCUT2D eigenvalue weighted by molar-refractivity contribution is -0.163. The van der Waals surface area contributed by atoms with Crippen LogP contribution in [0.1, 0.15) is 98.8 Å². The first-order valence-corrected chi connectivity index (χ1v) is 17.2. The van der Waals surface area contributed by atoms with Gasteiger partial charge in [0.05, 0.1) is 13.2 Å². The number of rotatable bonds is 10. The highest BCUT2D eigenvalue weighted by molar-refractivity contribution is 6.39. The second-order valence-corrected chi connectivity index (χ2v) is 15.7. The normalized spacial score (nSPS) is 28.5. The van der Waals surface area contributed by atoms with Crippen LogP contribution in [0.15, 0.2) is 0 Å². The first-order valence-electron chi connectivity index (χ1n) is 17.2. The van der Waals surface area contributed by atoms with E-state index in [-0.39, 0.29) is 41.5 Å². The van der Waals surface area contributed by atoms with Gasteiger partial charge in [-0.25, -0.2) is 9.59 Å². The molecule has 4 amide bonds. The van der Waals surface area contributed by atoms with Gasteiger partial charge in [0, 0.05) is 13.1 Å². The van der Waals surface area contributed by atoms with Crippen LogP contribution in [0, 0.1) is 29.1 Å². The Hall–Kier alpha value is -3.18. The molecule has 12 heteroatoms. The third-order valence-electron chi connectivity index (χ3n) is 11.2. The smallest absolute Gasteiger partial charge is 0.408 e. The maximum Gasteiger partial charge on any atom is 0.408 e. The van der Waals surface area contributed by atoms with Crippen LogP contribution in [0.3, 0.4) is 0 Å². The van der Waals surface area contributed by atoms with Gasteiger partial charge in [-0.2, -0.15) is 0 Å². The largest absolute Gasteiger partial charge is 0.467 e. The summed E-state index contributed by atoms with van der Waals surface area (Å²) in [6.45, 7) is 10.1. The average molecular weight is 645 g/mol. The molecule has 3 aliphatic carbocycles. The van der Waals surface area contributed by atoms with Crippen molar-refractivity contribution in [3.63, 3.8) is 0 Å². The van der Waals surface area contributed by atoms with Crippen LogP contribution in [0.5, 0.6) is 0 Å². The molecule has 2 N–H and O–H groups in total. The standard InChI is InChI=1S/C34H52N4O8/c1-33(2,3)46-32(44)36-25(20-13-8-7-9-14-20)29(41)38-18-21-24(34(21,4)5)26(38)28(40)35-22(17-19-11-10-12-19)27(39)30(42)37-16-15-23(37)31(43)45-6/h19-26H,7-18H2,1-6H3,(H,35,40)(H,36,44)/t21?,22?,23-,24?,25-,26-/m0/s1. The van der Waals surface area contributed by atoms with Crippen LogP contribution in [0.4, 0.5) is 4.79 Å². The summed E-state index contributed by atoms with van der Waals surface area (Å²) in [7, 11) is 1.24. The molecule has 5 rings (SSSR count). The van der Waals surface area contributed by atoms with Crippen molar-refractivity contribution in [3.8, 4) is 0 Å². The van der Waals surface area contributed by atoms with Crippen LogP contribution in [-0.2, 0) is 33.4 Å². The number of Topliss-reactive ketones (excluding diaryl/α,β-unsaturated/α-hetero) is 1. The highest BCUT2D eigenvalue weighted by Crippen LogP contribution is 2.65. The average Bonchev–Trinajstić information content (AvgIpc) is 3.26. The molecule has 256 valence electrons. The summed E-state index contributed by atoms with van der Waals surface area (Å²) < 4.78 is 10.3. The molecule has 2 saturated heterocycles. The van der Waals surface area contributed by atoms with Crippen molar-refractivity contribution >= 4 is 35.6 Å². The van der Waals surface area contributed by atoms with E-state index in [1.807, 2.05) is 0 Å². The number of amides is 4. The summed E-state index contributed by atoms with van der Waals surface area (Å²) in [6.07, 6.45) is 7.50. The number of likely N-dealkylation sites (tertiary alicyclic amines) is 2. The Labute approximate surface area is 272 Å². The van der Waals surface area contributed by atoms with Gasteiger partial charge in [-0.3, -0.25) is 19.2 Å². The number of carbonyl (C=O) groups is 6. The highest BCUT2D eigenvalue weighted by Gasteiger charge is 2.70. The fourth-order valence-corrected chi connectivity index (χ4v) is 8.13. The van der Waals surface area contributed by atoms with Gasteiger partial charge in [0.1, 0.15) is 23.7 Å². The second kappa shape index (κ2) is 13.1. The molecule has 0 spiro atoms. The number of methoxy groups -OCH3 is 1. The fraction of sp³-hybridized carbons (Fsp3) is 0.824. The minimum atomic E-state index is -1.06. The molecule has 5 fully saturated rings. The Morgan fingerprint density at radius 1 is 0.891 bits per heavy atom. The second-order valence-electron chi connectivity index (χ2n) is 15.7. The number of hydrogen-bond donors (Lipinski definition) is 2. The maximum atomic E-state index is 14.4. The number of ether oxygens (including phenoxy) is 2. The van der Waals surface area contributed by atoms with Crippen LogP contribution >= 0.6 is 0 Å². The molecular formula is C34H52N4O8. The lowest BCUT2D eigenvalue weighted by Crippen LogP contribution is -2.62. The van der Waals surface area contributed by atoms with E-state index >= 15 is 0 Å². The van der Waals surface area contributed by atoms with Gasteiger partial charge in [0.25, 0.3) is 5.91 Å². The van der Waals surface area contributed by atoms with E-state index in [1.54, 1.807) is 25.7 Å². The van der Waals surface area contributed by atoms with E-state index in [2.05, 4.69) is 24.5 Å². The van der Waals surface area contributed by atoms with Crippen LogP contribution < -0.4 is 10.6 Å². The highest BCUT2D eigenvalue weighted by atomic mass is 16.6. The van der Waals surface area contributed by atoms with E-state index in [9.17, 15) is 28.8 Å². The lowest BCUT2D eigenvalue weighted by atomic mass is 9.79. The molecule has 0 aromatic carbocycles. The van der Waals surface area contributed by atoms with Crippen LogP contribution in [0.2, 0.25) is 0 Å². The van der Waals surface area contributed by atoms with Gasteiger partial charge in [-0.05, 0) is 75.5 Å². The Balaban J connectivity index is 1.36. The minimum absolute atomic E-state index is 0.0766. The summed E-state index contributed by atoms with van der Waals surface area (Å²) in [5.74, 6) is -2.75. The SMILES string of the molecule is COC(=O)[C@@H]1CCN1C(=O)C(=O)C(CC1CCC1)NC(=O)[C@@H]1C2C(CN1C(=O)[C@@H](NC(=O)OC(C)(C)C)C1CCCCC1)C2(C)C. The third kappa shape index (κ3) is 6.90. The molecule has 12 nitrogen and oxygen atoms in total. The molecular weight excluding hydrogens is 592 g/mol. The number of nitrogens with one attached hydrogen (secondary N) is 2. The quantitative estimate of drug-likeness (QED) is 0.272. The third-order valence-corrected chi connectivity index (χ3v) is 11.2. The van der Waals surface area contributed by atoms with E-state index in [1.165, 1.54) is 12.0 Å². The Morgan fingerprint density at radius 2 is 1.57 bits per heavy atom. The molecule has 5 aliphatic rings. The maximum absolute atomic E-state index is 14.4. The van der Waals surface area contributed by atoms with Crippen LogP contribution in [0.25, 0.3) is 0 Å². The molecule has 0 aromatic heterocycles. The number of fused-ring (bicyclic) bond motifs is 1. The number of alkyl carbamates (subject to hydrolysis) is 1. The first-order chi connectivity index (χ1) is 21.6. The molecule has 3 unspecified atom stereocenters. The van der Waals surface area contributed by atoms with Crippen molar-refractivity contribution < 1.29 is 38.2 Å². The zero-order valence-electron chi connectivity index (χ0n) is 28.3. The summed E-state index contributed by atoms with van der Waals surface area (Å²) in [4.78, 5) is 83.4. The molecule has 46 heavy (non-hydrogen) atoms. The van der Waals surface area contributed by atoms with Gasteiger partial charge in [-0.1, -0.05) is 52.4 Å². The van der Waals surface area contributed by atoms with Gasteiger partial charge in [0.2, 0.25) is 17.6 Å². The van der Waals surface area contributed by atoms with Crippen molar-refractivity contribution in [1.29, 1.82) is 0 Å². The first kappa shape index (κ1) is 34.2. The number of nitrogens with zero attached hydrogens (tertiary/aromatic N) is 2. The van der Waals surface area contributed by atoms with E-state index in [4.69, 9.17) is 9.47 Å². The van der Waals surface area contributed by atoms with Crippen molar-refractivity contribution in [2.45, 2.75) is 129 Å². The van der Waals surface area contributed by atoms with Gasteiger partial charge < -0.3 is 29.9 Å². The molecule has 0 bridgehead atoms. The number of carbonyl (C=O) groups excluding carboxylic acids is 6. The monoisotopic (exact) mass is 644 g/mol. The molecule has 0 aromatic rings. The molecule has 0 radical (unpaired) electrons. The molecule has 3 saturated carbocycles. The number of esters is 1. The van der Waals surface area contributed by atoms with E-state index in [0.717, 1.165) is 51.4 Å². The summed E-state index contributed by atoms with van der Waals surface area (Å²) in [5.41, 5.74) is -0.912. The van der Waals surface area contributed by atoms with Crippen molar-refractivity contribution in [2.75, 3.05) is 20.2 Å². The van der Waals surface area contributed by atoms with E-state index in [0.29, 0.717) is 19.4 Å². The summed E-state index contributed by atoms with van der Waals surface area (Å²) in [5, 5.41) is 5.77. The number of hydrogen-bond acceptors (Lipinski definition) is 8. The summed E-state index contributed by atoms with van der Waals surface area (Å²) in [6, 6.07) is -3.53. The minimum Gasteiger partial charge on any atom is -0.467 e.